The number of pyridine rings is 1. The smallest absolute Gasteiger partial charge is 0.272 e. The monoisotopic (exact) mass is 289 g/mol. The van der Waals surface area contributed by atoms with Crippen LogP contribution in [0.25, 0.3) is 0 Å². The summed E-state index contributed by atoms with van der Waals surface area (Å²) in [6, 6.07) is 3.26. The van der Waals surface area contributed by atoms with E-state index in [9.17, 15) is 9.59 Å². The number of carbonyl (C=O) groups excluding carboxylic acids is 2. The second-order valence-corrected chi connectivity index (χ2v) is 4.66. The Hall–Kier alpha value is -2.39. The highest BCUT2D eigenvalue weighted by atomic mass is 16.2. The zero-order valence-corrected chi connectivity index (χ0v) is 12.5. The Bertz CT molecular complexity index is 556. The van der Waals surface area contributed by atoms with Gasteiger partial charge < -0.3 is 14.9 Å². The molecule has 0 bridgehead atoms. The van der Waals surface area contributed by atoms with Gasteiger partial charge in [-0.1, -0.05) is 11.8 Å². The van der Waals surface area contributed by atoms with E-state index in [4.69, 9.17) is 5.11 Å². The zero-order chi connectivity index (χ0) is 15.8. The standard InChI is InChI=1S/C15H19N3O3/c1-17(2)14(20)11-18(3)15(21)13-8-7-12(10-16-13)6-4-5-9-19/h7-8,10,19H,5,9,11H2,1-3H3. The lowest BCUT2D eigenvalue weighted by Crippen LogP contribution is -2.38. The van der Waals surface area contributed by atoms with Crippen molar-refractivity contribution in [2.45, 2.75) is 6.42 Å². The Balaban J connectivity index is 2.71. The summed E-state index contributed by atoms with van der Waals surface area (Å²) < 4.78 is 0. The summed E-state index contributed by atoms with van der Waals surface area (Å²) in [5, 5.41) is 8.63. The fraction of sp³-hybridized carbons (Fsp3) is 0.400. The molecule has 0 spiro atoms. The predicted octanol–water partition coefficient (Wildman–Crippen LogP) is -0.0243. The van der Waals surface area contributed by atoms with Crippen LogP contribution in [0.1, 0.15) is 22.5 Å². The van der Waals surface area contributed by atoms with Crippen LogP contribution in [0.4, 0.5) is 0 Å². The van der Waals surface area contributed by atoms with Crippen molar-refractivity contribution < 1.29 is 14.7 Å². The van der Waals surface area contributed by atoms with E-state index in [0.29, 0.717) is 12.0 Å². The molecule has 0 aliphatic rings. The van der Waals surface area contributed by atoms with E-state index in [1.54, 1.807) is 33.3 Å². The number of aliphatic hydroxyl groups excluding tert-OH is 1. The number of hydrogen-bond acceptors (Lipinski definition) is 4. The van der Waals surface area contributed by atoms with E-state index in [2.05, 4.69) is 16.8 Å². The number of aromatic nitrogens is 1. The molecule has 1 heterocycles. The summed E-state index contributed by atoms with van der Waals surface area (Å²) in [6.07, 6.45) is 1.90. The van der Waals surface area contributed by atoms with Crippen LogP contribution in [0.3, 0.4) is 0 Å². The highest BCUT2D eigenvalue weighted by molar-refractivity contribution is 5.94. The van der Waals surface area contributed by atoms with Crippen molar-refractivity contribution in [3.8, 4) is 11.8 Å². The van der Waals surface area contributed by atoms with E-state index in [1.807, 2.05) is 0 Å². The highest BCUT2D eigenvalue weighted by Crippen LogP contribution is 2.03. The van der Waals surface area contributed by atoms with Gasteiger partial charge in [0.2, 0.25) is 5.91 Å². The largest absolute Gasteiger partial charge is 0.395 e. The van der Waals surface area contributed by atoms with Gasteiger partial charge in [0.25, 0.3) is 5.91 Å². The van der Waals surface area contributed by atoms with Crippen molar-refractivity contribution >= 4 is 11.8 Å². The van der Waals surface area contributed by atoms with Crippen molar-refractivity contribution in [2.75, 3.05) is 34.3 Å². The highest BCUT2D eigenvalue weighted by Gasteiger charge is 2.16. The molecule has 1 rings (SSSR count). The van der Waals surface area contributed by atoms with Crippen molar-refractivity contribution in [2.24, 2.45) is 0 Å². The van der Waals surface area contributed by atoms with Gasteiger partial charge >= 0.3 is 0 Å². The van der Waals surface area contributed by atoms with E-state index >= 15 is 0 Å². The van der Waals surface area contributed by atoms with Gasteiger partial charge in [-0.15, -0.1) is 0 Å². The molecule has 0 saturated heterocycles. The average Bonchev–Trinajstić information content (AvgIpc) is 2.47. The molecular formula is C15H19N3O3. The minimum Gasteiger partial charge on any atom is -0.395 e. The van der Waals surface area contributed by atoms with Crippen LogP contribution in [0, 0.1) is 11.8 Å². The minimum atomic E-state index is -0.319. The van der Waals surface area contributed by atoms with Gasteiger partial charge in [-0.25, -0.2) is 4.98 Å². The Labute approximate surface area is 124 Å². The van der Waals surface area contributed by atoms with Gasteiger partial charge in [0.1, 0.15) is 5.69 Å². The molecule has 6 nitrogen and oxygen atoms in total. The van der Waals surface area contributed by atoms with Gasteiger partial charge in [0.05, 0.1) is 13.2 Å². The van der Waals surface area contributed by atoms with E-state index in [0.717, 1.165) is 0 Å². The lowest BCUT2D eigenvalue weighted by molar-refractivity contribution is -0.129. The number of likely N-dealkylation sites (N-methyl/N-ethyl adjacent to an activating group) is 2. The molecule has 0 aliphatic heterocycles. The number of hydrogen-bond donors (Lipinski definition) is 1. The number of rotatable bonds is 4. The van der Waals surface area contributed by atoms with Gasteiger partial charge in [0.15, 0.2) is 0 Å². The molecule has 0 unspecified atom stereocenters. The molecule has 0 saturated carbocycles. The molecular weight excluding hydrogens is 270 g/mol. The van der Waals surface area contributed by atoms with Gasteiger partial charge in [0, 0.05) is 39.3 Å². The Morgan fingerprint density at radius 2 is 2.00 bits per heavy atom. The molecule has 112 valence electrons. The van der Waals surface area contributed by atoms with Gasteiger partial charge in [-0.05, 0) is 12.1 Å². The Morgan fingerprint density at radius 1 is 1.29 bits per heavy atom. The molecule has 21 heavy (non-hydrogen) atoms. The van der Waals surface area contributed by atoms with Crippen LogP contribution in [0.2, 0.25) is 0 Å². The third-order valence-corrected chi connectivity index (χ3v) is 2.67. The minimum absolute atomic E-state index is 0.00553. The molecule has 0 aromatic carbocycles. The number of amides is 2. The molecule has 0 aliphatic carbocycles. The average molecular weight is 289 g/mol. The first-order valence-electron chi connectivity index (χ1n) is 6.47. The zero-order valence-electron chi connectivity index (χ0n) is 12.5. The van der Waals surface area contributed by atoms with E-state index in [1.165, 1.54) is 16.0 Å². The molecule has 6 heteroatoms. The molecule has 1 aromatic rings. The van der Waals surface area contributed by atoms with Crippen LogP contribution in [-0.2, 0) is 4.79 Å². The summed E-state index contributed by atoms with van der Waals surface area (Å²) in [5.41, 5.74) is 0.934. The molecule has 0 fully saturated rings. The fourth-order valence-corrected chi connectivity index (χ4v) is 1.43. The lowest BCUT2D eigenvalue weighted by atomic mass is 10.2. The third-order valence-electron chi connectivity index (χ3n) is 2.67. The van der Waals surface area contributed by atoms with E-state index in [-0.39, 0.29) is 30.7 Å². The summed E-state index contributed by atoms with van der Waals surface area (Å²) in [5.74, 6) is 5.13. The second-order valence-electron chi connectivity index (χ2n) is 4.66. The molecule has 2 amide bonds. The summed E-state index contributed by atoms with van der Waals surface area (Å²) in [7, 11) is 4.83. The van der Waals surface area contributed by atoms with Crippen molar-refractivity contribution in [1.82, 2.24) is 14.8 Å². The first-order valence-corrected chi connectivity index (χ1v) is 6.47. The SMILES string of the molecule is CN(C)C(=O)CN(C)C(=O)c1ccc(C#CCCO)cn1. The molecule has 0 atom stereocenters. The first-order chi connectivity index (χ1) is 9.95. The summed E-state index contributed by atoms with van der Waals surface area (Å²) >= 11 is 0. The summed E-state index contributed by atoms with van der Waals surface area (Å²) in [6.45, 7) is 0.0211. The quantitative estimate of drug-likeness (QED) is 0.790. The van der Waals surface area contributed by atoms with Gasteiger partial charge in [-0.3, -0.25) is 9.59 Å². The van der Waals surface area contributed by atoms with Crippen LogP contribution < -0.4 is 0 Å². The molecule has 1 N–H and O–H groups in total. The predicted molar refractivity (Wildman–Crippen MR) is 78.5 cm³/mol. The van der Waals surface area contributed by atoms with Crippen molar-refractivity contribution in [3.05, 3.63) is 29.6 Å². The second kappa shape index (κ2) is 8.02. The summed E-state index contributed by atoms with van der Waals surface area (Å²) in [4.78, 5) is 30.5. The maximum absolute atomic E-state index is 12.1. The first kappa shape index (κ1) is 16.7. The fourth-order valence-electron chi connectivity index (χ4n) is 1.43. The molecule has 0 radical (unpaired) electrons. The maximum atomic E-state index is 12.1. The van der Waals surface area contributed by atoms with Crippen LogP contribution in [0.5, 0.6) is 0 Å². The van der Waals surface area contributed by atoms with Gasteiger partial charge in [-0.2, -0.15) is 0 Å². The van der Waals surface area contributed by atoms with Crippen LogP contribution in [0.15, 0.2) is 18.3 Å². The number of aliphatic hydroxyl groups is 1. The topological polar surface area (TPSA) is 73.7 Å². The van der Waals surface area contributed by atoms with Crippen LogP contribution >= 0.6 is 0 Å². The Morgan fingerprint density at radius 3 is 2.52 bits per heavy atom. The normalized spacial score (nSPS) is 9.52. The lowest BCUT2D eigenvalue weighted by Gasteiger charge is -2.18. The maximum Gasteiger partial charge on any atom is 0.272 e. The number of nitrogens with zero attached hydrogens (tertiary/aromatic N) is 3. The van der Waals surface area contributed by atoms with Crippen molar-refractivity contribution in [3.63, 3.8) is 0 Å². The Kier molecular flexibility index (Phi) is 6.37. The van der Waals surface area contributed by atoms with Crippen molar-refractivity contribution in [1.29, 1.82) is 0 Å². The van der Waals surface area contributed by atoms with E-state index < -0.39 is 0 Å². The number of carbonyl (C=O) groups is 2. The van der Waals surface area contributed by atoms with Crippen LogP contribution in [-0.4, -0.2) is 66.0 Å². The molecule has 1 aromatic heterocycles. The third kappa shape index (κ3) is 5.24.